The molecule has 0 aliphatic heterocycles. The average molecular weight is 319 g/mol. The summed E-state index contributed by atoms with van der Waals surface area (Å²) in [6.45, 7) is 6.46. The largest absolute Gasteiger partial charge is 0.493 e. The van der Waals surface area contributed by atoms with Crippen LogP contribution in [0.4, 0.5) is 0 Å². The van der Waals surface area contributed by atoms with E-state index in [0.29, 0.717) is 18.8 Å². The van der Waals surface area contributed by atoms with Crippen molar-refractivity contribution in [2.45, 2.75) is 39.7 Å². The minimum absolute atomic E-state index is 0.184. The van der Waals surface area contributed by atoms with Crippen LogP contribution < -0.4 is 10.1 Å². The summed E-state index contributed by atoms with van der Waals surface area (Å²) >= 11 is 0. The summed E-state index contributed by atoms with van der Waals surface area (Å²) in [5, 5.41) is 11.7. The van der Waals surface area contributed by atoms with Crippen molar-refractivity contribution in [1.82, 2.24) is 5.32 Å². The van der Waals surface area contributed by atoms with Gasteiger partial charge in [0.15, 0.2) is 0 Å². The molecule has 1 atom stereocenters. The highest BCUT2D eigenvalue weighted by atomic mass is 16.5. The summed E-state index contributed by atoms with van der Waals surface area (Å²) in [6, 6.07) is 6.53. The molecule has 1 aromatic carbocycles. The number of rotatable bonds is 9. The van der Waals surface area contributed by atoms with Gasteiger partial charge in [-0.05, 0) is 30.9 Å². The molecule has 0 fully saturated rings. The first-order valence-electron chi connectivity index (χ1n) is 7.87. The maximum Gasteiger partial charge on any atom is 0.326 e. The van der Waals surface area contributed by atoms with Crippen molar-refractivity contribution in [3.63, 3.8) is 0 Å². The molecule has 0 aromatic heterocycles. The Bertz CT molecular complexity index is 552. The van der Waals surface area contributed by atoms with Crippen LogP contribution in [-0.2, 0) is 9.59 Å². The Morgan fingerprint density at radius 3 is 2.61 bits per heavy atom. The summed E-state index contributed by atoms with van der Waals surface area (Å²) in [4.78, 5) is 23.1. The maximum absolute atomic E-state index is 11.9. The molecule has 1 aromatic rings. The Morgan fingerprint density at radius 1 is 1.30 bits per heavy atom. The Labute approximate surface area is 137 Å². The van der Waals surface area contributed by atoms with Gasteiger partial charge in [0, 0.05) is 11.6 Å². The minimum atomic E-state index is -1.02. The molecule has 1 unspecified atom stereocenters. The van der Waals surface area contributed by atoms with Crippen LogP contribution in [0.15, 0.2) is 30.3 Å². The molecule has 1 amide bonds. The average Bonchev–Trinajstić information content (AvgIpc) is 2.50. The van der Waals surface area contributed by atoms with E-state index in [1.807, 2.05) is 45.0 Å². The van der Waals surface area contributed by atoms with Gasteiger partial charge in [0.2, 0.25) is 5.91 Å². The molecule has 23 heavy (non-hydrogen) atoms. The molecular formula is C18H25NO4. The number of aliphatic carboxylic acids is 1. The first-order chi connectivity index (χ1) is 10.9. The molecule has 0 bridgehead atoms. The maximum atomic E-state index is 11.9. The molecule has 126 valence electrons. The number of carbonyl (C=O) groups excluding carboxylic acids is 1. The summed E-state index contributed by atoms with van der Waals surface area (Å²) in [5.41, 5.74) is 0.784. The van der Waals surface area contributed by atoms with Gasteiger partial charge in [-0.3, -0.25) is 4.79 Å². The highest BCUT2D eigenvalue weighted by Gasteiger charge is 2.19. The monoisotopic (exact) mass is 319 g/mol. The van der Waals surface area contributed by atoms with Crippen molar-refractivity contribution in [3.8, 4) is 5.75 Å². The third kappa shape index (κ3) is 7.00. The first kappa shape index (κ1) is 18.7. The molecule has 0 spiro atoms. The number of hydrogen-bond acceptors (Lipinski definition) is 3. The van der Waals surface area contributed by atoms with Crippen molar-refractivity contribution in [2.24, 2.45) is 5.92 Å². The number of carboxylic acid groups (broad SMARTS) is 1. The zero-order valence-corrected chi connectivity index (χ0v) is 13.9. The fourth-order valence-electron chi connectivity index (χ4n) is 2.04. The summed E-state index contributed by atoms with van der Waals surface area (Å²) in [6.07, 6.45) is 4.26. The van der Waals surface area contributed by atoms with Crippen molar-refractivity contribution < 1.29 is 19.4 Å². The third-order valence-electron chi connectivity index (χ3n) is 3.12. The number of hydrogen-bond donors (Lipinski definition) is 2. The van der Waals surface area contributed by atoms with Crippen molar-refractivity contribution >= 4 is 18.0 Å². The number of benzene rings is 1. The van der Waals surface area contributed by atoms with Crippen LogP contribution >= 0.6 is 0 Å². The SMILES string of the molecule is CCCOc1ccccc1/C=C/C(=O)NC(CC(C)C)C(=O)O. The second kappa shape index (κ2) is 9.66. The summed E-state index contributed by atoms with van der Waals surface area (Å²) in [7, 11) is 0. The smallest absolute Gasteiger partial charge is 0.326 e. The Hall–Kier alpha value is -2.30. The Balaban J connectivity index is 2.72. The summed E-state index contributed by atoms with van der Waals surface area (Å²) in [5.74, 6) is -0.561. The fourth-order valence-corrected chi connectivity index (χ4v) is 2.04. The molecule has 5 heteroatoms. The van der Waals surface area contributed by atoms with E-state index < -0.39 is 17.9 Å². The van der Waals surface area contributed by atoms with Crippen LogP contribution in [0.2, 0.25) is 0 Å². The van der Waals surface area contributed by atoms with Gasteiger partial charge < -0.3 is 15.2 Å². The van der Waals surface area contributed by atoms with Crippen LogP contribution in [0.5, 0.6) is 5.75 Å². The lowest BCUT2D eigenvalue weighted by molar-refractivity contribution is -0.141. The topological polar surface area (TPSA) is 75.6 Å². The van der Waals surface area contributed by atoms with Crippen LogP contribution in [0, 0.1) is 5.92 Å². The zero-order valence-electron chi connectivity index (χ0n) is 13.9. The molecule has 0 saturated heterocycles. The number of carboxylic acids is 1. The lowest BCUT2D eigenvalue weighted by Gasteiger charge is -2.15. The molecule has 0 saturated carbocycles. The minimum Gasteiger partial charge on any atom is -0.493 e. The van der Waals surface area contributed by atoms with Gasteiger partial charge in [-0.1, -0.05) is 39.0 Å². The van der Waals surface area contributed by atoms with Crippen LogP contribution in [0.1, 0.15) is 39.2 Å². The van der Waals surface area contributed by atoms with Gasteiger partial charge in [0.25, 0.3) is 0 Å². The third-order valence-corrected chi connectivity index (χ3v) is 3.12. The lowest BCUT2D eigenvalue weighted by Crippen LogP contribution is -2.40. The van der Waals surface area contributed by atoms with E-state index in [9.17, 15) is 9.59 Å². The van der Waals surface area contributed by atoms with E-state index in [-0.39, 0.29) is 5.92 Å². The van der Waals surface area contributed by atoms with E-state index in [4.69, 9.17) is 9.84 Å². The van der Waals surface area contributed by atoms with Crippen molar-refractivity contribution in [2.75, 3.05) is 6.61 Å². The Kier molecular flexibility index (Phi) is 7.88. The zero-order chi connectivity index (χ0) is 17.2. The van der Waals surface area contributed by atoms with Crippen LogP contribution in [0.3, 0.4) is 0 Å². The van der Waals surface area contributed by atoms with Gasteiger partial charge in [-0.2, -0.15) is 0 Å². The number of nitrogens with one attached hydrogen (secondary N) is 1. The first-order valence-corrected chi connectivity index (χ1v) is 7.87. The number of ether oxygens (including phenoxy) is 1. The molecule has 0 radical (unpaired) electrons. The number of amides is 1. The predicted molar refractivity (Wildman–Crippen MR) is 90.3 cm³/mol. The van der Waals surface area contributed by atoms with Crippen LogP contribution in [0.25, 0.3) is 6.08 Å². The standard InChI is InChI=1S/C18H25NO4/c1-4-11-23-16-8-6-5-7-14(16)9-10-17(20)19-15(18(21)22)12-13(2)3/h5-10,13,15H,4,11-12H2,1-3H3,(H,19,20)(H,21,22)/b10-9+. The van der Waals surface area contributed by atoms with E-state index in [1.165, 1.54) is 6.08 Å². The van der Waals surface area contributed by atoms with Gasteiger partial charge in [0.1, 0.15) is 11.8 Å². The van der Waals surface area contributed by atoms with E-state index in [0.717, 1.165) is 12.0 Å². The van der Waals surface area contributed by atoms with Gasteiger partial charge >= 0.3 is 5.97 Å². The van der Waals surface area contributed by atoms with Gasteiger partial charge in [-0.25, -0.2) is 4.79 Å². The van der Waals surface area contributed by atoms with Crippen molar-refractivity contribution in [1.29, 1.82) is 0 Å². The normalized spacial score (nSPS) is 12.3. The highest BCUT2D eigenvalue weighted by molar-refractivity contribution is 5.94. The molecule has 2 N–H and O–H groups in total. The molecule has 5 nitrogen and oxygen atoms in total. The van der Waals surface area contributed by atoms with E-state index >= 15 is 0 Å². The van der Waals surface area contributed by atoms with Crippen LogP contribution in [-0.4, -0.2) is 29.6 Å². The molecular weight excluding hydrogens is 294 g/mol. The second-order valence-electron chi connectivity index (χ2n) is 5.75. The fraction of sp³-hybridized carbons (Fsp3) is 0.444. The highest BCUT2D eigenvalue weighted by Crippen LogP contribution is 2.19. The van der Waals surface area contributed by atoms with E-state index in [1.54, 1.807) is 6.08 Å². The second-order valence-corrected chi connectivity index (χ2v) is 5.75. The Morgan fingerprint density at radius 2 is 2.00 bits per heavy atom. The van der Waals surface area contributed by atoms with Gasteiger partial charge in [-0.15, -0.1) is 0 Å². The number of para-hydroxylation sites is 1. The molecule has 1 rings (SSSR count). The lowest BCUT2D eigenvalue weighted by atomic mass is 10.0. The number of carbonyl (C=O) groups is 2. The summed E-state index contributed by atoms with van der Waals surface area (Å²) < 4.78 is 5.61. The van der Waals surface area contributed by atoms with Crippen molar-refractivity contribution in [3.05, 3.63) is 35.9 Å². The predicted octanol–water partition coefficient (Wildman–Crippen LogP) is 3.10. The molecule has 0 heterocycles. The molecule has 0 aliphatic carbocycles. The van der Waals surface area contributed by atoms with E-state index in [2.05, 4.69) is 5.32 Å². The molecule has 0 aliphatic rings. The quantitative estimate of drug-likeness (QED) is 0.686. The van der Waals surface area contributed by atoms with Gasteiger partial charge in [0.05, 0.1) is 6.61 Å².